The normalized spacial score (nSPS) is 16.3. The molecule has 0 saturated carbocycles. The van der Waals surface area contributed by atoms with Crippen LogP contribution in [0.5, 0.6) is 11.5 Å². The van der Waals surface area contributed by atoms with Crippen LogP contribution in [0.15, 0.2) is 113 Å². The first-order valence-corrected chi connectivity index (χ1v) is 10.5. The second-order valence-corrected chi connectivity index (χ2v) is 7.63. The van der Waals surface area contributed by atoms with Crippen molar-refractivity contribution >= 4 is 29.2 Å². The van der Waals surface area contributed by atoms with Crippen LogP contribution in [0.2, 0.25) is 0 Å². The van der Waals surface area contributed by atoms with Gasteiger partial charge in [0, 0.05) is 5.56 Å². The molecular weight excluding hydrogens is 396 g/mol. The fourth-order valence-corrected chi connectivity index (χ4v) is 4.04. The number of amidine groups is 1. The number of aliphatic imine (C=N–C) groups is 2. The molecule has 0 spiro atoms. The molecule has 1 unspecified atom stereocenters. The van der Waals surface area contributed by atoms with Gasteiger partial charge in [-0.3, -0.25) is 0 Å². The first kappa shape index (κ1) is 18.4. The van der Waals surface area contributed by atoms with Crippen molar-refractivity contribution in [1.82, 2.24) is 0 Å². The van der Waals surface area contributed by atoms with E-state index in [1.807, 2.05) is 91.3 Å². The molecule has 0 saturated heterocycles. The molecule has 2 heterocycles. The van der Waals surface area contributed by atoms with Crippen LogP contribution in [0.25, 0.3) is 0 Å². The van der Waals surface area contributed by atoms with Gasteiger partial charge in [-0.1, -0.05) is 78.9 Å². The van der Waals surface area contributed by atoms with Gasteiger partial charge in [-0.25, -0.2) is 9.98 Å². The predicted octanol–water partition coefficient (Wildman–Crippen LogP) is 6.53. The number of nitrogens with zero attached hydrogens (tertiary/aromatic N) is 3. The molecule has 2 aliphatic rings. The maximum Gasteiger partial charge on any atom is 0.158 e. The molecule has 32 heavy (non-hydrogen) atoms. The van der Waals surface area contributed by atoms with E-state index in [1.165, 1.54) is 0 Å². The number of nitrogens with one attached hydrogen (secondary N) is 1. The van der Waals surface area contributed by atoms with Crippen molar-refractivity contribution in [2.45, 2.75) is 6.17 Å². The van der Waals surface area contributed by atoms with Crippen LogP contribution >= 0.6 is 0 Å². The monoisotopic (exact) mass is 416 g/mol. The summed E-state index contributed by atoms with van der Waals surface area (Å²) in [7, 11) is 0. The minimum atomic E-state index is -0.255. The standard InChI is InChI=1S/C27H20N4O/c1-3-10-19(11-4-1)26-28-18-31(27(30-26)20-12-5-2-6-13-20)22-15-9-17-24-25(22)29-21-14-7-8-16-23(21)32-24/h1-18,27,29H. The highest BCUT2D eigenvalue weighted by atomic mass is 16.5. The van der Waals surface area contributed by atoms with Crippen LogP contribution in [0, 0.1) is 0 Å². The first-order chi connectivity index (χ1) is 15.9. The van der Waals surface area contributed by atoms with Crippen molar-refractivity contribution in [3.8, 4) is 11.5 Å². The number of benzene rings is 4. The number of para-hydroxylation sites is 3. The average molecular weight is 416 g/mol. The summed E-state index contributed by atoms with van der Waals surface area (Å²) in [4.78, 5) is 11.8. The Kier molecular flexibility index (Phi) is 4.43. The highest BCUT2D eigenvalue weighted by Gasteiger charge is 2.28. The number of rotatable bonds is 3. The smallest absolute Gasteiger partial charge is 0.158 e. The maximum atomic E-state index is 6.17. The van der Waals surface area contributed by atoms with Gasteiger partial charge in [0.25, 0.3) is 0 Å². The lowest BCUT2D eigenvalue weighted by molar-refractivity contribution is 0.481. The van der Waals surface area contributed by atoms with Gasteiger partial charge < -0.3 is 15.0 Å². The molecule has 6 rings (SSSR count). The molecule has 0 bridgehead atoms. The van der Waals surface area contributed by atoms with Gasteiger partial charge in [0.2, 0.25) is 0 Å². The van der Waals surface area contributed by atoms with Crippen molar-refractivity contribution in [3.05, 3.63) is 114 Å². The van der Waals surface area contributed by atoms with Crippen molar-refractivity contribution in [3.63, 3.8) is 0 Å². The van der Waals surface area contributed by atoms with E-state index in [4.69, 9.17) is 14.7 Å². The van der Waals surface area contributed by atoms with E-state index in [1.54, 1.807) is 0 Å². The molecule has 1 atom stereocenters. The van der Waals surface area contributed by atoms with Crippen molar-refractivity contribution in [2.24, 2.45) is 9.98 Å². The average Bonchev–Trinajstić information content (AvgIpc) is 2.88. The molecule has 0 fully saturated rings. The Labute approximate surface area is 186 Å². The Bertz CT molecular complexity index is 1330. The summed E-state index contributed by atoms with van der Waals surface area (Å²) < 4.78 is 6.17. The van der Waals surface area contributed by atoms with Crippen LogP contribution in [-0.4, -0.2) is 12.2 Å². The van der Waals surface area contributed by atoms with E-state index in [0.29, 0.717) is 0 Å². The van der Waals surface area contributed by atoms with Gasteiger partial charge in [-0.2, -0.15) is 0 Å². The third-order valence-electron chi connectivity index (χ3n) is 5.59. The lowest BCUT2D eigenvalue weighted by Crippen LogP contribution is -2.31. The van der Waals surface area contributed by atoms with E-state index < -0.39 is 0 Å². The fourth-order valence-electron chi connectivity index (χ4n) is 4.04. The fraction of sp³-hybridized carbons (Fsp3) is 0.0370. The largest absolute Gasteiger partial charge is 0.453 e. The zero-order chi connectivity index (χ0) is 21.3. The molecule has 2 aliphatic heterocycles. The Morgan fingerprint density at radius 1 is 0.719 bits per heavy atom. The van der Waals surface area contributed by atoms with Crippen LogP contribution < -0.4 is 15.0 Å². The Morgan fingerprint density at radius 2 is 1.44 bits per heavy atom. The van der Waals surface area contributed by atoms with E-state index in [0.717, 1.165) is 45.5 Å². The summed E-state index contributed by atoms with van der Waals surface area (Å²) in [5.74, 6) is 2.31. The summed E-state index contributed by atoms with van der Waals surface area (Å²) in [5, 5.41) is 3.54. The van der Waals surface area contributed by atoms with Crippen LogP contribution in [-0.2, 0) is 0 Å². The predicted molar refractivity (Wildman–Crippen MR) is 129 cm³/mol. The zero-order valence-electron chi connectivity index (χ0n) is 17.2. The third-order valence-corrected chi connectivity index (χ3v) is 5.59. The molecule has 0 aliphatic carbocycles. The van der Waals surface area contributed by atoms with Gasteiger partial charge in [0.05, 0.1) is 17.7 Å². The summed E-state index contributed by atoms with van der Waals surface area (Å²) in [6, 6.07) is 34.3. The highest BCUT2D eigenvalue weighted by Crippen LogP contribution is 2.47. The van der Waals surface area contributed by atoms with Crippen molar-refractivity contribution < 1.29 is 4.74 Å². The number of hydrogen-bond acceptors (Lipinski definition) is 5. The molecule has 1 N–H and O–H groups in total. The van der Waals surface area contributed by atoms with Crippen LogP contribution in [0.4, 0.5) is 17.1 Å². The summed E-state index contributed by atoms with van der Waals surface area (Å²) in [6.45, 7) is 0. The van der Waals surface area contributed by atoms with E-state index in [2.05, 4.69) is 28.4 Å². The van der Waals surface area contributed by atoms with Crippen LogP contribution in [0.1, 0.15) is 17.3 Å². The summed E-state index contributed by atoms with van der Waals surface area (Å²) >= 11 is 0. The third kappa shape index (κ3) is 3.20. The maximum absolute atomic E-state index is 6.17. The number of anilines is 3. The van der Waals surface area contributed by atoms with Gasteiger partial charge in [0.15, 0.2) is 23.5 Å². The molecule has 4 aromatic carbocycles. The minimum Gasteiger partial charge on any atom is -0.453 e. The second-order valence-electron chi connectivity index (χ2n) is 7.63. The number of fused-ring (bicyclic) bond motifs is 2. The molecule has 0 amide bonds. The number of ether oxygens (including phenoxy) is 1. The molecule has 5 nitrogen and oxygen atoms in total. The van der Waals surface area contributed by atoms with E-state index in [9.17, 15) is 0 Å². The molecular formula is C27H20N4O. The van der Waals surface area contributed by atoms with Gasteiger partial charge in [-0.05, 0) is 29.8 Å². The molecule has 4 aromatic rings. The molecule has 5 heteroatoms. The highest BCUT2D eigenvalue weighted by molar-refractivity contribution is 6.07. The molecule has 0 aromatic heterocycles. The Morgan fingerprint density at radius 3 is 2.28 bits per heavy atom. The lowest BCUT2D eigenvalue weighted by atomic mass is 10.1. The Hall–Kier alpha value is -4.38. The zero-order valence-corrected chi connectivity index (χ0v) is 17.2. The van der Waals surface area contributed by atoms with Crippen molar-refractivity contribution in [1.29, 1.82) is 0 Å². The lowest BCUT2D eigenvalue weighted by Gasteiger charge is -2.33. The van der Waals surface area contributed by atoms with Gasteiger partial charge in [0.1, 0.15) is 5.69 Å². The Balaban J connectivity index is 1.45. The SMILES string of the molecule is C1=NC(c2ccccc2)=NC(c2ccccc2)N1c1cccc2c1Nc1ccccc1O2. The summed E-state index contributed by atoms with van der Waals surface area (Å²) in [6.07, 6.45) is 1.61. The quantitative estimate of drug-likeness (QED) is 0.364. The second kappa shape index (κ2) is 7.71. The van der Waals surface area contributed by atoms with E-state index in [-0.39, 0.29) is 6.17 Å². The molecule has 0 radical (unpaired) electrons. The number of hydrogen-bond donors (Lipinski definition) is 1. The van der Waals surface area contributed by atoms with Crippen molar-refractivity contribution in [2.75, 3.05) is 10.2 Å². The van der Waals surface area contributed by atoms with Gasteiger partial charge in [-0.15, -0.1) is 0 Å². The van der Waals surface area contributed by atoms with E-state index >= 15 is 0 Å². The minimum absolute atomic E-state index is 0.255. The molecule has 154 valence electrons. The topological polar surface area (TPSA) is 49.2 Å². The van der Waals surface area contributed by atoms with Gasteiger partial charge >= 0.3 is 0 Å². The first-order valence-electron chi connectivity index (χ1n) is 10.5. The van der Waals surface area contributed by atoms with Crippen LogP contribution in [0.3, 0.4) is 0 Å². The summed E-state index contributed by atoms with van der Waals surface area (Å²) in [5.41, 5.74) is 4.87.